The van der Waals surface area contributed by atoms with Crippen molar-refractivity contribution in [2.45, 2.75) is 71.4 Å². The molecule has 6 rings (SSSR count). The molecule has 1 aromatic heterocycles. The summed E-state index contributed by atoms with van der Waals surface area (Å²) in [5, 5.41) is 19.1. The number of likely N-dealkylation sites (tertiary alicyclic amines) is 1. The van der Waals surface area contributed by atoms with Crippen molar-refractivity contribution in [2.24, 2.45) is 0 Å². The van der Waals surface area contributed by atoms with Gasteiger partial charge in [0.15, 0.2) is 0 Å². The zero-order chi connectivity index (χ0) is 42.9. The van der Waals surface area contributed by atoms with Gasteiger partial charge in [0, 0.05) is 44.8 Å². The zero-order valence-electron chi connectivity index (χ0n) is 33.5. The molecule has 1 unspecified atom stereocenters. The van der Waals surface area contributed by atoms with E-state index in [2.05, 4.69) is 19.9 Å². The summed E-state index contributed by atoms with van der Waals surface area (Å²) in [6.45, 7) is 13.3. The van der Waals surface area contributed by atoms with Crippen LogP contribution in [0.2, 0.25) is 0 Å². The highest BCUT2D eigenvalue weighted by Crippen LogP contribution is 2.34. The van der Waals surface area contributed by atoms with E-state index in [0.717, 1.165) is 49.4 Å². The first kappa shape index (κ1) is 47.2. The molecule has 0 saturated carbocycles. The zero-order valence-corrected chi connectivity index (χ0v) is 34.3. The summed E-state index contributed by atoms with van der Waals surface area (Å²) < 4.78 is 73.2. The van der Waals surface area contributed by atoms with Gasteiger partial charge in [0.25, 0.3) is 5.91 Å². The highest BCUT2D eigenvalue weighted by molar-refractivity contribution is 7.91. The number of aromatic nitrogens is 1. The van der Waals surface area contributed by atoms with Crippen molar-refractivity contribution in [3.05, 3.63) is 114 Å². The number of aliphatic carboxylic acids is 1. The SMILES string of the molecule is CC.CC.CC(O)C(=O)O.O=C(c1ccc(N2CCNCC2)c(NS(=O)(=O)Cc2ccccc2)c1)N1CCC(c2ccc(Oc3ccc(C(F)(F)F)nc3)cc2)CC1. The number of carbonyl (C=O) groups is 2. The number of alkyl halides is 3. The van der Waals surface area contributed by atoms with E-state index in [4.69, 9.17) is 14.9 Å². The molecular formula is C42H54F3N5O7S. The minimum absolute atomic E-state index is 0.155. The Balaban J connectivity index is 0.000000815. The van der Waals surface area contributed by atoms with E-state index >= 15 is 0 Å². The fourth-order valence-corrected chi connectivity index (χ4v) is 7.28. The lowest BCUT2D eigenvalue weighted by molar-refractivity contribution is -0.145. The number of nitrogens with zero attached hydrogens (tertiary/aromatic N) is 3. The van der Waals surface area contributed by atoms with Crippen LogP contribution in [-0.4, -0.2) is 85.8 Å². The van der Waals surface area contributed by atoms with Crippen LogP contribution in [0.25, 0.3) is 0 Å². The number of piperidine rings is 1. The van der Waals surface area contributed by atoms with Gasteiger partial charge in [-0.3, -0.25) is 9.52 Å². The van der Waals surface area contributed by atoms with Gasteiger partial charge in [0.1, 0.15) is 23.3 Å². The first-order valence-corrected chi connectivity index (χ1v) is 21.0. The molecule has 0 spiro atoms. The van der Waals surface area contributed by atoms with Crippen LogP contribution < -0.4 is 19.7 Å². The van der Waals surface area contributed by atoms with Crippen molar-refractivity contribution in [1.29, 1.82) is 0 Å². The second-order valence-corrected chi connectivity index (χ2v) is 14.7. The predicted octanol–water partition coefficient (Wildman–Crippen LogP) is 7.77. The third-order valence-electron chi connectivity index (χ3n) is 8.92. The van der Waals surface area contributed by atoms with E-state index in [1.54, 1.807) is 53.4 Å². The van der Waals surface area contributed by atoms with Gasteiger partial charge >= 0.3 is 12.1 Å². The van der Waals surface area contributed by atoms with Crippen molar-refractivity contribution in [3.8, 4) is 11.5 Å². The predicted molar refractivity (Wildman–Crippen MR) is 220 cm³/mol. The fraction of sp³-hybridized carbons (Fsp3) is 0.405. The fourth-order valence-electron chi connectivity index (χ4n) is 6.08. The number of piperazine rings is 1. The number of pyridine rings is 1. The summed E-state index contributed by atoms with van der Waals surface area (Å²) in [7, 11) is -3.75. The van der Waals surface area contributed by atoms with Gasteiger partial charge in [0.05, 0.1) is 23.3 Å². The summed E-state index contributed by atoms with van der Waals surface area (Å²) in [5.41, 5.74) is 2.32. The summed E-state index contributed by atoms with van der Waals surface area (Å²) in [6, 6.07) is 23.7. The van der Waals surface area contributed by atoms with E-state index in [0.29, 0.717) is 48.7 Å². The highest BCUT2D eigenvalue weighted by atomic mass is 32.2. The van der Waals surface area contributed by atoms with Crippen molar-refractivity contribution in [1.82, 2.24) is 15.2 Å². The number of halogens is 3. The maximum Gasteiger partial charge on any atom is 0.433 e. The van der Waals surface area contributed by atoms with Crippen LogP contribution in [0.1, 0.15) is 80.6 Å². The first-order chi connectivity index (χ1) is 27.7. The summed E-state index contributed by atoms with van der Waals surface area (Å²) in [5.74, 6) is -0.623. The molecule has 2 aliphatic heterocycles. The van der Waals surface area contributed by atoms with E-state index in [-0.39, 0.29) is 23.3 Å². The Morgan fingerprint density at radius 2 is 1.48 bits per heavy atom. The molecular weight excluding hydrogens is 776 g/mol. The van der Waals surface area contributed by atoms with E-state index in [9.17, 15) is 31.2 Å². The molecule has 3 aromatic carbocycles. The molecule has 316 valence electrons. The monoisotopic (exact) mass is 829 g/mol. The Morgan fingerprint density at radius 1 is 0.897 bits per heavy atom. The van der Waals surface area contributed by atoms with Crippen molar-refractivity contribution >= 4 is 33.3 Å². The lowest BCUT2D eigenvalue weighted by Crippen LogP contribution is -2.44. The molecule has 4 aromatic rings. The van der Waals surface area contributed by atoms with Gasteiger partial charge in [-0.25, -0.2) is 18.2 Å². The number of sulfonamides is 1. The molecule has 16 heteroatoms. The van der Waals surface area contributed by atoms with Gasteiger partial charge in [-0.15, -0.1) is 0 Å². The van der Waals surface area contributed by atoms with Gasteiger partial charge in [0.2, 0.25) is 10.0 Å². The lowest BCUT2D eigenvalue weighted by atomic mass is 9.89. The topological polar surface area (TPSA) is 161 Å². The van der Waals surface area contributed by atoms with Crippen LogP contribution in [0.4, 0.5) is 24.5 Å². The summed E-state index contributed by atoms with van der Waals surface area (Å²) >= 11 is 0. The number of amides is 1. The van der Waals surface area contributed by atoms with E-state index in [1.807, 2.05) is 52.0 Å². The maximum absolute atomic E-state index is 13.7. The molecule has 3 heterocycles. The van der Waals surface area contributed by atoms with Crippen molar-refractivity contribution < 1.29 is 46.1 Å². The number of anilines is 2. The number of carboxylic acid groups (broad SMARTS) is 1. The number of ether oxygens (including phenoxy) is 1. The van der Waals surface area contributed by atoms with Crippen LogP contribution in [0, 0.1) is 0 Å². The Morgan fingerprint density at radius 3 is 2.02 bits per heavy atom. The Kier molecular flexibility index (Phi) is 18.4. The van der Waals surface area contributed by atoms with Crippen LogP contribution in [0.5, 0.6) is 11.5 Å². The standard InChI is InChI=1S/C35H36F3N5O4S.C3H6O3.2C2H6/c36-35(37,38)33-13-11-30(23-40-33)47-29-9-6-26(7-10-29)27-14-18-43(19-15-27)34(44)28-8-12-32(42-20-16-39-17-21-42)31(22-28)41-48(45,46)24-25-4-2-1-3-5-25;1-2(4)3(5)6;2*1-2/h1-13,22-23,27,39,41H,14-21,24H2;2,4H,1H3,(H,5,6);2*1-2H3. The van der Waals surface area contributed by atoms with E-state index in [1.165, 1.54) is 13.0 Å². The van der Waals surface area contributed by atoms with Gasteiger partial charge < -0.3 is 30.1 Å². The van der Waals surface area contributed by atoms with Gasteiger partial charge in [-0.05, 0) is 79.3 Å². The highest BCUT2D eigenvalue weighted by Gasteiger charge is 2.32. The van der Waals surface area contributed by atoms with Crippen LogP contribution >= 0.6 is 0 Å². The van der Waals surface area contributed by atoms with Crippen molar-refractivity contribution in [3.63, 3.8) is 0 Å². The average Bonchev–Trinajstić information content (AvgIpc) is 3.23. The number of hydrogen-bond acceptors (Lipinski definition) is 9. The number of benzene rings is 3. The normalized spacial score (nSPS) is 14.9. The lowest BCUT2D eigenvalue weighted by Gasteiger charge is -2.33. The van der Waals surface area contributed by atoms with Gasteiger partial charge in [-0.2, -0.15) is 13.2 Å². The van der Waals surface area contributed by atoms with Gasteiger partial charge in [-0.1, -0.05) is 70.2 Å². The molecule has 12 nitrogen and oxygen atoms in total. The Bertz CT molecular complexity index is 1970. The molecule has 1 amide bonds. The minimum atomic E-state index is -4.51. The minimum Gasteiger partial charge on any atom is -0.479 e. The smallest absolute Gasteiger partial charge is 0.433 e. The first-order valence-electron chi connectivity index (χ1n) is 19.3. The summed E-state index contributed by atoms with van der Waals surface area (Å²) in [6.07, 6.45) is -3.22. The number of aliphatic hydroxyl groups is 1. The Labute approximate surface area is 339 Å². The van der Waals surface area contributed by atoms with Crippen LogP contribution in [0.3, 0.4) is 0 Å². The molecule has 2 aliphatic rings. The average molecular weight is 830 g/mol. The molecule has 0 radical (unpaired) electrons. The third kappa shape index (κ3) is 14.3. The second kappa shape index (κ2) is 22.7. The Hall–Kier alpha value is -5.19. The number of aliphatic hydroxyl groups excluding tert-OH is 1. The molecule has 0 bridgehead atoms. The molecule has 0 aliphatic carbocycles. The molecule has 4 N–H and O–H groups in total. The molecule has 1 atom stereocenters. The molecule has 2 saturated heterocycles. The van der Waals surface area contributed by atoms with Crippen LogP contribution in [-0.2, 0) is 26.7 Å². The second-order valence-electron chi connectivity index (χ2n) is 12.9. The number of rotatable bonds is 10. The quantitative estimate of drug-likeness (QED) is 0.124. The van der Waals surface area contributed by atoms with Crippen molar-refractivity contribution in [2.75, 3.05) is 48.9 Å². The van der Waals surface area contributed by atoms with E-state index < -0.39 is 34.0 Å². The third-order valence-corrected chi connectivity index (χ3v) is 10.2. The number of nitrogens with one attached hydrogen (secondary N) is 2. The number of carboxylic acids is 1. The molecule has 2 fully saturated rings. The molecule has 58 heavy (non-hydrogen) atoms. The summed E-state index contributed by atoms with van der Waals surface area (Å²) in [4.78, 5) is 30.5. The largest absolute Gasteiger partial charge is 0.479 e. The van der Waals surface area contributed by atoms with Crippen LogP contribution in [0.15, 0.2) is 91.1 Å². The maximum atomic E-state index is 13.7. The number of carbonyl (C=O) groups excluding carboxylic acids is 1. The number of hydrogen-bond donors (Lipinski definition) is 4.